The number of nitrogens with two attached hydrogens (primary N) is 1. The van der Waals surface area contributed by atoms with Gasteiger partial charge in [0.05, 0.1) is 17.0 Å². The summed E-state index contributed by atoms with van der Waals surface area (Å²) in [6.45, 7) is 1.28. The summed E-state index contributed by atoms with van der Waals surface area (Å²) in [4.78, 5) is 38.0. The molecule has 2 atom stereocenters. The molecule has 0 aromatic heterocycles. The van der Waals surface area contributed by atoms with Crippen LogP contribution in [0.3, 0.4) is 0 Å². The van der Waals surface area contributed by atoms with Crippen molar-refractivity contribution in [3.8, 4) is 0 Å². The number of hydrogen-bond donors (Lipinski definition) is 6. The van der Waals surface area contributed by atoms with E-state index >= 15 is 0 Å². The van der Waals surface area contributed by atoms with Crippen molar-refractivity contribution in [1.82, 2.24) is 10.0 Å². The molecular formula is C24H26F3N5O8S. The van der Waals surface area contributed by atoms with Crippen LogP contribution in [0.2, 0.25) is 0 Å². The number of carboxylic acids is 2. The van der Waals surface area contributed by atoms with E-state index in [0.29, 0.717) is 23.3 Å². The maximum Gasteiger partial charge on any atom is 0.490 e. The van der Waals surface area contributed by atoms with Crippen molar-refractivity contribution >= 4 is 39.4 Å². The minimum atomic E-state index is -5.08. The normalized spacial score (nSPS) is 15.4. The smallest absolute Gasteiger partial charge is 0.480 e. The Morgan fingerprint density at radius 2 is 1.78 bits per heavy atom. The molecule has 0 radical (unpaired) electrons. The highest BCUT2D eigenvalue weighted by molar-refractivity contribution is 7.89. The van der Waals surface area contributed by atoms with Gasteiger partial charge in [-0.1, -0.05) is 41.6 Å². The third-order valence-electron chi connectivity index (χ3n) is 5.32. The first-order valence-electron chi connectivity index (χ1n) is 11.6. The molecule has 1 aliphatic rings. The van der Waals surface area contributed by atoms with E-state index in [1.807, 2.05) is 0 Å². The van der Waals surface area contributed by atoms with Crippen molar-refractivity contribution in [3.63, 3.8) is 0 Å². The Hall–Kier alpha value is -4.51. The number of oxime groups is 1. The zero-order valence-electron chi connectivity index (χ0n) is 21.3. The standard InChI is InChI=1S/C22H25N5O6S.C2HF3O2/c1-13-3-2-4-17(9-13)34(31,32)27-19(22(29)30)12-25-20(28)11-16-10-18(26-33-16)14-5-7-15(8-6-14)21(23)24;3-2(4,5)1(6)7/h2-9,16,19,27H,10-12H2,1H3,(H3,23,24)(H,25,28)(H,29,30);(H,6,7)/t16-,19+;/m1./s1. The zero-order valence-corrected chi connectivity index (χ0v) is 22.1. The van der Waals surface area contributed by atoms with Gasteiger partial charge < -0.3 is 26.1 Å². The van der Waals surface area contributed by atoms with Crippen LogP contribution in [0.5, 0.6) is 0 Å². The number of nitrogens with zero attached hydrogens (tertiary/aromatic N) is 1. The van der Waals surface area contributed by atoms with Gasteiger partial charge in [0, 0.05) is 18.5 Å². The molecule has 13 nitrogen and oxygen atoms in total. The molecule has 0 spiro atoms. The summed E-state index contributed by atoms with van der Waals surface area (Å²) in [5.41, 5.74) is 8.12. The number of rotatable bonds is 10. The van der Waals surface area contributed by atoms with E-state index in [2.05, 4.69) is 15.2 Å². The van der Waals surface area contributed by atoms with Gasteiger partial charge in [0.25, 0.3) is 0 Å². The fraction of sp³-hybridized carbons (Fsp3) is 0.292. The number of carboxylic acid groups (broad SMARTS) is 2. The van der Waals surface area contributed by atoms with E-state index in [0.717, 1.165) is 5.56 Å². The van der Waals surface area contributed by atoms with E-state index in [1.54, 1.807) is 43.3 Å². The van der Waals surface area contributed by atoms with Crippen LogP contribution in [0.15, 0.2) is 58.6 Å². The Morgan fingerprint density at radius 1 is 1.17 bits per heavy atom. The SMILES string of the molecule is Cc1cccc(S(=O)(=O)N[C@@H](CNC(=O)C[C@H]2CC(c3ccc(C(=N)N)cc3)=NO2)C(=O)O)c1.O=C(O)C(F)(F)F. The van der Waals surface area contributed by atoms with E-state index in [-0.39, 0.29) is 17.2 Å². The predicted octanol–water partition coefficient (Wildman–Crippen LogP) is 1.34. The quantitative estimate of drug-likeness (QED) is 0.171. The summed E-state index contributed by atoms with van der Waals surface area (Å²) in [6.07, 6.45) is -5.36. The van der Waals surface area contributed by atoms with Crippen molar-refractivity contribution < 1.29 is 51.0 Å². The number of aryl methyl sites for hydroxylation is 1. The van der Waals surface area contributed by atoms with Gasteiger partial charge in [-0.3, -0.25) is 15.0 Å². The number of aliphatic carboxylic acids is 2. The Kier molecular flexibility index (Phi) is 10.9. The number of nitrogen functional groups attached to an aromatic ring is 1. The predicted molar refractivity (Wildman–Crippen MR) is 138 cm³/mol. The Bertz CT molecular complexity index is 1430. The molecule has 2 aromatic carbocycles. The average molecular weight is 602 g/mol. The van der Waals surface area contributed by atoms with Crippen LogP contribution < -0.4 is 15.8 Å². The highest BCUT2D eigenvalue weighted by Gasteiger charge is 2.38. The summed E-state index contributed by atoms with van der Waals surface area (Å²) in [5, 5.41) is 30.4. The van der Waals surface area contributed by atoms with Gasteiger partial charge in [-0.2, -0.15) is 17.9 Å². The molecule has 1 aliphatic heterocycles. The van der Waals surface area contributed by atoms with Crippen molar-refractivity contribution in [3.05, 3.63) is 65.2 Å². The van der Waals surface area contributed by atoms with E-state index in [4.69, 9.17) is 25.9 Å². The van der Waals surface area contributed by atoms with Crippen LogP contribution in [0.1, 0.15) is 29.5 Å². The number of benzene rings is 2. The number of carbonyl (C=O) groups is 3. The fourth-order valence-corrected chi connectivity index (χ4v) is 4.56. The van der Waals surface area contributed by atoms with E-state index < -0.39 is 52.7 Å². The highest BCUT2D eigenvalue weighted by atomic mass is 32.2. The molecule has 1 heterocycles. The molecule has 1 amide bonds. The molecule has 0 bridgehead atoms. The first kappa shape index (κ1) is 32.7. The van der Waals surface area contributed by atoms with Crippen molar-refractivity contribution in [2.45, 2.75) is 43.0 Å². The van der Waals surface area contributed by atoms with Crippen LogP contribution in [-0.4, -0.2) is 72.9 Å². The first-order valence-corrected chi connectivity index (χ1v) is 13.0. The molecule has 41 heavy (non-hydrogen) atoms. The van der Waals surface area contributed by atoms with E-state index in [1.165, 1.54) is 12.1 Å². The molecular weight excluding hydrogens is 575 g/mol. The zero-order chi connectivity index (χ0) is 31.0. The second-order valence-electron chi connectivity index (χ2n) is 8.60. The van der Waals surface area contributed by atoms with Crippen LogP contribution in [0, 0.1) is 12.3 Å². The van der Waals surface area contributed by atoms with Crippen LogP contribution in [0.25, 0.3) is 0 Å². The summed E-state index contributed by atoms with van der Waals surface area (Å²) in [6, 6.07) is 11.4. The van der Waals surface area contributed by atoms with Gasteiger partial charge in [-0.25, -0.2) is 13.2 Å². The van der Waals surface area contributed by atoms with Gasteiger partial charge in [0.15, 0.2) is 0 Å². The summed E-state index contributed by atoms with van der Waals surface area (Å²) >= 11 is 0. The molecule has 17 heteroatoms. The minimum Gasteiger partial charge on any atom is -0.480 e. The van der Waals surface area contributed by atoms with Gasteiger partial charge in [0.1, 0.15) is 18.0 Å². The average Bonchev–Trinajstić information content (AvgIpc) is 3.34. The minimum absolute atomic E-state index is 0.0495. The summed E-state index contributed by atoms with van der Waals surface area (Å²) in [5.74, 6) is -4.73. The number of alkyl halides is 3. The maximum atomic E-state index is 12.5. The number of carbonyl (C=O) groups excluding carboxylic acids is 1. The van der Waals surface area contributed by atoms with Crippen molar-refractivity contribution in [1.29, 1.82) is 5.41 Å². The van der Waals surface area contributed by atoms with Gasteiger partial charge in [-0.05, 0) is 30.2 Å². The van der Waals surface area contributed by atoms with Crippen molar-refractivity contribution in [2.24, 2.45) is 10.9 Å². The van der Waals surface area contributed by atoms with Gasteiger partial charge in [0.2, 0.25) is 15.9 Å². The Morgan fingerprint density at radius 3 is 2.29 bits per heavy atom. The molecule has 3 rings (SSSR count). The molecule has 0 saturated heterocycles. The van der Waals surface area contributed by atoms with Crippen LogP contribution in [-0.2, 0) is 29.2 Å². The van der Waals surface area contributed by atoms with Crippen molar-refractivity contribution in [2.75, 3.05) is 6.54 Å². The van der Waals surface area contributed by atoms with Crippen LogP contribution >= 0.6 is 0 Å². The van der Waals surface area contributed by atoms with E-state index in [9.17, 15) is 36.3 Å². The second-order valence-corrected chi connectivity index (χ2v) is 10.3. The monoisotopic (exact) mass is 601 g/mol. The third kappa shape index (κ3) is 10.2. The number of hydrogen-bond acceptors (Lipinski definition) is 8. The fourth-order valence-electron chi connectivity index (χ4n) is 3.26. The second kappa shape index (κ2) is 13.7. The first-order chi connectivity index (χ1) is 19.0. The number of sulfonamides is 1. The van der Waals surface area contributed by atoms with Gasteiger partial charge >= 0.3 is 18.1 Å². The Labute approximate surface area is 231 Å². The number of amides is 1. The lowest BCUT2D eigenvalue weighted by Gasteiger charge is -2.16. The number of nitrogens with one attached hydrogen (secondary N) is 3. The van der Waals surface area contributed by atoms with Gasteiger partial charge in [-0.15, -0.1) is 0 Å². The molecule has 0 unspecified atom stereocenters. The molecule has 2 aromatic rings. The summed E-state index contributed by atoms with van der Waals surface area (Å²) < 4.78 is 58.9. The lowest BCUT2D eigenvalue weighted by atomic mass is 10.0. The number of amidine groups is 1. The molecule has 0 aliphatic carbocycles. The number of halogens is 3. The maximum absolute atomic E-state index is 12.5. The molecule has 0 fully saturated rings. The topological polar surface area (TPSA) is 221 Å². The van der Waals surface area contributed by atoms with Crippen LogP contribution in [0.4, 0.5) is 13.2 Å². The third-order valence-corrected chi connectivity index (χ3v) is 6.79. The lowest BCUT2D eigenvalue weighted by Crippen LogP contribution is -2.48. The highest BCUT2D eigenvalue weighted by Crippen LogP contribution is 2.19. The molecule has 0 saturated carbocycles. The lowest BCUT2D eigenvalue weighted by molar-refractivity contribution is -0.192. The largest absolute Gasteiger partial charge is 0.490 e. The summed E-state index contributed by atoms with van der Waals surface area (Å²) in [7, 11) is -4.09. The molecule has 222 valence electrons. The molecule has 7 N–H and O–H groups in total. The Balaban J connectivity index is 0.000000745.